The molecule has 1 fully saturated rings. The van der Waals surface area contributed by atoms with Crippen LogP contribution < -0.4 is 5.32 Å². The highest BCUT2D eigenvalue weighted by Gasteiger charge is 2.19. The van der Waals surface area contributed by atoms with Crippen molar-refractivity contribution in [2.45, 2.75) is 25.9 Å². The molecule has 1 aliphatic rings. The Morgan fingerprint density at radius 1 is 1.29 bits per heavy atom. The van der Waals surface area contributed by atoms with Crippen LogP contribution in [0.1, 0.15) is 24.1 Å². The molecule has 0 aromatic heterocycles. The van der Waals surface area contributed by atoms with Gasteiger partial charge in [-0.3, -0.25) is 0 Å². The van der Waals surface area contributed by atoms with Crippen molar-refractivity contribution in [2.75, 3.05) is 11.5 Å². The van der Waals surface area contributed by atoms with Crippen LogP contribution in [-0.2, 0) is 0 Å². The first-order chi connectivity index (χ1) is 6.75. The number of nitrogens with one attached hydrogen (secondary N) is 1. The molecule has 1 N–H and O–H groups in total. The third kappa shape index (κ3) is 2.31. The maximum absolute atomic E-state index is 3.63. The molecule has 0 radical (unpaired) electrons. The third-order valence-electron chi connectivity index (χ3n) is 2.70. The zero-order chi connectivity index (χ0) is 9.97. The van der Waals surface area contributed by atoms with E-state index in [1.165, 1.54) is 22.6 Å². The van der Waals surface area contributed by atoms with Crippen LogP contribution >= 0.6 is 11.8 Å². The highest BCUT2D eigenvalue weighted by atomic mass is 32.2. The van der Waals surface area contributed by atoms with Gasteiger partial charge in [0.25, 0.3) is 0 Å². The standard InChI is InChI=1S/C12H17NS/c1-9-3-5-11(6-4-9)10(2)13-12-7-14-8-12/h3-6,10,12-13H,7-8H2,1-2H3. The molecule has 0 aliphatic carbocycles. The van der Waals surface area contributed by atoms with Gasteiger partial charge in [0, 0.05) is 23.6 Å². The Balaban J connectivity index is 1.95. The van der Waals surface area contributed by atoms with Crippen molar-refractivity contribution >= 4 is 11.8 Å². The lowest BCUT2D eigenvalue weighted by atomic mass is 10.1. The lowest BCUT2D eigenvalue weighted by molar-refractivity contribution is 0.503. The summed E-state index contributed by atoms with van der Waals surface area (Å²) in [5.74, 6) is 2.55. The Labute approximate surface area is 90.3 Å². The van der Waals surface area contributed by atoms with Gasteiger partial charge in [0.05, 0.1) is 0 Å². The molecule has 1 aromatic rings. The van der Waals surface area contributed by atoms with Crippen molar-refractivity contribution in [3.63, 3.8) is 0 Å². The molecule has 1 nitrogen and oxygen atoms in total. The first kappa shape index (κ1) is 10.1. The van der Waals surface area contributed by atoms with Crippen molar-refractivity contribution in [2.24, 2.45) is 0 Å². The first-order valence-corrected chi connectivity index (χ1v) is 6.31. The molecule has 1 saturated heterocycles. The average Bonchev–Trinajstić information content (AvgIpc) is 2.12. The summed E-state index contributed by atoms with van der Waals surface area (Å²) in [4.78, 5) is 0. The highest BCUT2D eigenvalue weighted by Crippen LogP contribution is 2.21. The Morgan fingerprint density at radius 3 is 2.43 bits per heavy atom. The molecule has 0 spiro atoms. The molecule has 1 aliphatic heterocycles. The highest BCUT2D eigenvalue weighted by molar-refractivity contribution is 8.00. The van der Waals surface area contributed by atoms with Crippen LogP contribution in [0.3, 0.4) is 0 Å². The van der Waals surface area contributed by atoms with E-state index in [0.29, 0.717) is 6.04 Å². The van der Waals surface area contributed by atoms with Crippen molar-refractivity contribution in [1.82, 2.24) is 5.32 Å². The van der Waals surface area contributed by atoms with E-state index in [1.807, 2.05) is 11.8 Å². The van der Waals surface area contributed by atoms with Gasteiger partial charge in [-0.1, -0.05) is 29.8 Å². The average molecular weight is 207 g/mol. The van der Waals surface area contributed by atoms with E-state index in [1.54, 1.807) is 0 Å². The fourth-order valence-corrected chi connectivity index (χ4v) is 2.30. The summed E-state index contributed by atoms with van der Waals surface area (Å²) < 4.78 is 0. The van der Waals surface area contributed by atoms with Gasteiger partial charge in [-0.15, -0.1) is 0 Å². The Kier molecular flexibility index (Phi) is 3.14. The minimum absolute atomic E-state index is 0.487. The summed E-state index contributed by atoms with van der Waals surface area (Å²) in [7, 11) is 0. The Morgan fingerprint density at radius 2 is 1.93 bits per heavy atom. The fraction of sp³-hybridized carbons (Fsp3) is 0.500. The molecule has 76 valence electrons. The summed E-state index contributed by atoms with van der Waals surface area (Å²) in [5, 5.41) is 3.63. The van der Waals surface area contributed by atoms with Crippen LogP contribution in [0, 0.1) is 6.92 Å². The fourth-order valence-electron chi connectivity index (χ4n) is 1.64. The van der Waals surface area contributed by atoms with Gasteiger partial charge >= 0.3 is 0 Å². The molecule has 2 rings (SSSR count). The van der Waals surface area contributed by atoms with E-state index < -0.39 is 0 Å². The molecule has 0 saturated carbocycles. The molecular weight excluding hydrogens is 190 g/mol. The summed E-state index contributed by atoms with van der Waals surface area (Å²) in [6.07, 6.45) is 0. The minimum Gasteiger partial charge on any atom is -0.306 e. The molecule has 14 heavy (non-hydrogen) atoms. The molecule has 1 heterocycles. The molecule has 2 heteroatoms. The normalized spacial score (nSPS) is 19.0. The summed E-state index contributed by atoms with van der Waals surface area (Å²) >= 11 is 2.02. The van der Waals surface area contributed by atoms with Crippen LogP contribution in [0.15, 0.2) is 24.3 Å². The second-order valence-corrected chi connectivity index (χ2v) is 5.11. The Hall–Kier alpha value is -0.470. The van der Waals surface area contributed by atoms with Crippen LogP contribution in [0.2, 0.25) is 0 Å². The molecule has 1 unspecified atom stereocenters. The van der Waals surface area contributed by atoms with Gasteiger partial charge in [-0.05, 0) is 19.4 Å². The SMILES string of the molecule is Cc1ccc(C(C)NC2CSC2)cc1. The van der Waals surface area contributed by atoms with Crippen LogP contribution in [0.4, 0.5) is 0 Å². The zero-order valence-corrected chi connectivity index (χ0v) is 9.60. The van der Waals surface area contributed by atoms with Crippen LogP contribution in [0.25, 0.3) is 0 Å². The van der Waals surface area contributed by atoms with Gasteiger partial charge in [0.15, 0.2) is 0 Å². The number of hydrogen-bond acceptors (Lipinski definition) is 2. The topological polar surface area (TPSA) is 12.0 Å². The minimum atomic E-state index is 0.487. The van der Waals surface area contributed by atoms with Crippen molar-refractivity contribution in [1.29, 1.82) is 0 Å². The van der Waals surface area contributed by atoms with Gasteiger partial charge in [0.1, 0.15) is 0 Å². The molecule has 1 aromatic carbocycles. The summed E-state index contributed by atoms with van der Waals surface area (Å²) in [6.45, 7) is 4.37. The van der Waals surface area contributed by atoms with E-state index in [2.05, 4.69) is 43.4 Å². The lowest BCUT2D eigenvalue weighted by Gasteiger charge is -2.29. The van der Waals surface area contributed by atoms with Crippen molar-refractivity contribution < 1.29 is 0 Å². The number of hydrogen-bond donors (Lipinski definition) is 1. The summed E-state index contributed by atoms with van der Waals surface area (Å²) in [5.41, 5.74) is 2.73. The predicted molar refractivity (Wildman–Crippen MR) is 63.8 cm³/mol. The lowest BCUT2D eigenvalue weighted by Crippen LogP contribution is -2.41. The molecule has 0 bridgehead atoms. The number of rotatable bonds is 3. The summed E-state index contributed by atoms with van der Waals surface area (Å²) in [6, 6.07) is 10.0. The molecular formula is C12H17NS. The van der Waals surface area contributed by atoms with Gasteiger partial charge < -0.3 is 5.32 Å². The van der Waals surface area contributed by atoms with Crippen LogP contribution in [-0.4, -0.2) is 17.5 Å². The van der Waals surface area contributed by atoms with E-state index in [-0.39, 0.29) is 0 Å². The Bertz CT molecular complexity index is 290. The largest absolute Gasteiger partial charge is 0.306 e. The van der Waals surface area contributed by atoms with Crippen LogP contribution in [0.5, 0.6) is 0 Å². The maximum Gasteiger partial charge on any atom is 0.0295 e. The van der Waals surface area contributed by atoms with E-state index in [4.69, 9.17) is 0 Å². The third-order valence-corrected chi connectivity index (χ3v) is 3.98. The van der Waals surface area contributed by atoms with Gasteiger partial charge in [-0.2, -0.15) is 11.8 Å². The van der Waals surface area contributed by atoms with Crippen molar-refractivity contribution in [3.05, 3.63) is 35.4 Å². The maximum atomic E-state index is 3.63. The second-order valence-electron chi connectivity index (χ2n) is 4.03. The second kappa shape index (κ2) is 4.37. The smallest absolute Gasteiger partial charge is 0.0295 e. The van der Waals surface area contributed by atoms with E-state index >= 15 is 0 Å². The van der Waals surface area contributed by atoms with E-state index in [0.717, 1.165) is 6.04 Å². The molecule has 1 atom stereocenters. The zero-order valence-electron chi connectivity index (χ0n) is 8.79. The molecule has 0 amide bonds. The number of aryl methyl sites for hydroxylation is 1. The first-order valence-electron chi connectivity index (χ1n) is 5.16. The van der Waals surface area contributed by atoms with Crippen molar-refractivity contribution in [3.8, 4) is 0 Å². The monoisotopic (exact) mass is 207 g/mol. The quantitative estimate of drug-likeness (QED) is 0.818. The predicted octanol–water partition coefficient (Wildman–Crippen LogP) is 2.76. The van der Waals surface area contributed by atoms with E-state index in [9.17, 15) is 0 Å². The number of benzene rings is 1. The number of thioether (sulfide) groups is 1. The van der Waals surface area contributed by atoms with Gasteiger partial charge in [0.2, 0.25) is 0 Å². The van der Waals surface area contributed by atoms with Gasteiger partial charge in [-0.25, -0.2) is 0 Å².